The summed E-state index contributed by atoms with van der Waals surface area (Å²) in [5, 5.41) is 2.80. The van der Waals surface area contributed by atoms with Crippen LogP contribution in [-0.4, -0.2) is 52.9 Å². The van der Waals surface area contributed by atoms with Crippen molar-refractivity contribution < 1.29 is 9.18 Å². The first kappa shape index (κ1) is 20.9. The lowest BCUT2D eigenvalue weighted by molar-refractivity contribution is -0.117. The molecule has 7 nitrogen and oxygen atoms in total. The number of carbonyl (C=O) groups is 1. The lowest BCUT2D eigenvalue weighted by atomic mass is 10.2. The summed E-state index contributed by atoms with van der Waals surface area (Å²) in [5.74, 6) is -0.465. The normalized spacial score (nSPS) is 14.6. The third kappa shape index (κ3) is 4.25. The van der Waals surface area contributed by atoms with E-state index in [2.05, 4.69) is 5.32 Å². The van der Waals surface area contributed by atoms with Crippen LogP contribution < -0.4 is 15.8 Å². The third-order valence-electron chi connectivity index (χ3n) is 5.75. The fourth-order valence-corrected chi connectivity index (χ4v) is 3.95. The summed E-state index contributed by atoms with van der Waals surface area (Å²) >= 11 is 0. The lowest BCUT2D eigenvalue weighted by Gasteiger charge is -2.35. The minimum absolute atomic E-state index is 0.185. The van der Waals surface area contributed by atoms with Gasteiger partial charge < -0.3 is 10.2 Å². The topological polar surface area (TPSA) is 62.5 Å². The Hall–Kier alpha value is -3.39. The van der Waals surface area contributed by atoms with Crippen LogP contribution in [0.5, 0.6) is 0 Å². The number of aromatic nitrogens is 2. The number of amides is 1. The van der Waals surface area contributed by atoms with Gasteiger partial charge in [0, 0.05) is 33.2 Å². The van der Waals surface area contributed by atoms with Crippen LogP contribution in [0.15, 0.2) is 59.4 Å². The van der Waals surface area contributed by atoms with Gasteiger partial charge in [0.2, 0.25) is 5.91 Å². The number of para-hydroxylation sites is 2. The minimum Gasteiger partial charge on any atom is -0.367 e. The number of halogens is 1. The number of nitrogens with zero attached hydrogens (tertiary/aromatic N) is 4. The Morgan fingerprint density at radius 2 is 1.65 bits per heavy atom. The van der Waals surface area contributed by atoms with Crippen LogP contribution in [0, 0.1) is 12.7 Å². The van der Waals surface area contributed by atoms with Crippen LogP contribution in [0.25, 0.3) is 5.69 Å². The second-order valence-corrected chi connectivity index (χ2v) is 7.70. The lowest BCUT2D eigenvalue weighted by Crippen LogP contribution is -2.49. The van der Waals surface area contributed by atoms with Crippen molar-refractivity contribution >= 4 is 17.3 Å². The summed E-state index contributed by atoms with van der Waals surface area (Å²) in [6.07, 6.45) is 0. The van der Waals surface area contributed by atoms with Crippen LogP contribution in [0.3, 0.4) is 0 Å². The van der Waals surface area contributed by atoms with Crippen LogP contribution >= 0.6 is 0 Å². The number of hydrogen-bond acceptors (Lipinski definition) is 4. The molecule has 2 heterocycles. The zero-order chi connectivity index (χ0) is 22.0. The maximum absolute atomic E-state index is 14.0. The highest BCUT2D eigenvalue weighted by atomic mass is 19.1. The average molecular weight is 423 g/mol. The van der Waals surface area contributed by atoms with E-state index in [0.29, 0.717) is 43.2 Å². The van der Waals surface area contributed by atoms with Crippen molar-refractivity contribution in [2.45, 2.75) is 6.92 Å². The predicted octanol–water partition coefficient (Wildman–Crippen LogP) is 2.38. The maximum atomic E-state index is 14.0. The van der Waals surface area contributed by atoms with Crippen LogP contribution in [0.1, 0.15) is 5.69 Å². The van der Waals surface area contributed by atoms with Crippen LogP contribution in [0.4, 0.5) is 15.8 Å². The van der Waals surface area contributed by atoms with Gasteiger partial charge in [0.15, 0.2) is 0 Å². The summed E-state index contributed by atoms with van der Waals surface area (Å²) in [7, 11) is 1.79. The van der Waals surface area contributed by atoms with E-state index in [1.165, 1.54) is 10.7 Å². The molecule has 2 aromatic carbocycles. The zero-order valence-electron chi connectivity index (χ0n) is 17.7. The van der Waals surface area contributed by atoms with Gasteiger partial charge in [0.25, 0.3) is 5.56 Å². The SMILES string of the molecule is Cc1c(NC(=O)CN2CCN(c3ccccc3F)CC2)c(=O)n(-c2ccccc2)n1C. The quantitative estimate of drug-likeness (QED) is 0.685. The van der Waals surface area contributed by atoms with Gasteiger partial charge in [0.05, 0.1) is 23.6 Å². The molecule has 162 valence electrons. The highest BCUT2D eigenvalue weighted by molar-refractivity contribution is 5.92. The number of rotatable bonds is 5. The van der Waals surface area contributed by atoms with Crippen molar-refractivity contribution in [2.75, 3.05) is 42.9 Å². The monoisotopic (exact) mass is 423 g/mol. The van der Waals surface area contributed by atoms with Gasteiger partial charge >= 0.3 is 0 Å². The van der Waals surface area contributed by atoms with Gasteiger partial charge in [-0.2, -0.15) is 0 Å². The molecule has 1 aliphatic heterocycles. The first-order valence-corrected chi connectivity index (χ1v) is 10.3. The van der Waals surface area contributed by atoms with Crippen molar-refractivity contribution in [2.24, 2.45) is 7.05 Å². The van der Waals surface area contributed by atoms with Gasteiger partial charge in [-0.15, -0.1) is 0 Å². The molecule has 1 fully saturated rings. The molecule has 0 bridgehead atoms. The van der Waals surface area contributed by atoms with Crippen molar-refractivity contribution in [1.82, 2.24) is 14.3 Å². The van der Waals surface area contributed by atoms with Crippen molar-refractivity contribution in [1.29, 1.82) is 0 Å². The minimum atomic E-state index is -0.260. The standard InChI is InChI=1S/C23H26FN5O2/c1-17-22(23(31)29(26(17)2)18-8-4-3-5-9-18)25-21(30)16-27-12-14-28(15-13-27)20-11-7-6-10-19(20)24/h3-11H,12-16H2,1-2H3,(H,25,30). The maximum Gasteiger partial charge on any atom is 0.295 e. The van der Waals surface area contributed by atoms with E-state index in [4.69, 9.17) is 0 Å². The number of piperazine rings is 1. The number of benzene rings is 2. The van der Waals surface area contributed by atoms with E-state index in [9.17, 15) is 14.0 Å². The smallest absolute Gasteiger partial charge is 0.295 e. The first-order valence-electron chi connectivity index (χ1n) is 10.3. The van der Waals surface area contributed by atoms with E-state index >= 15 is 0 Å². The second-order valence-electron chi connectivity index (χ2n) is 7.70. The van der Waals surface area contributed by atoms with E-state index in [1.807, 2.05) is 53.1 Å². The van der Waals surface area contributed by atoms with E-state index in [1.54, 1.807) is 23.9 Å². The molecule has 0 aliphatic carbocycles. The Bertz CT molecular complexity index is 1130. The van der Waals surface area contributed by atoms with Gasteiger partial charge in [-0.05, 0) is 31.2 Å². The van der Waals surface area contributed by atoms with E-state index in [0.717, 1.165) is 5.69 Å². The number of anilines is 2. The molecule has 1 aromatic heterocycles. The summed E-state index contributed by atoms with van der Waals surface area (Å²) in [5.41, 5.74) is 2.05. The molecular formula is C23H26FN5O2. The van der Waals surface area contributed by atoms with Crippen molar-refractivity contribution in [3.05, 3.63) is 76.5 Å². The Balaban J connectivity index is 1.40. The molecule has 0 radical (unpaired) electrons. The number of hydrogen-bond donors (Lipinski definition) is 1. The van der Waals surface area contributed by atoms with Gasteiger partial charge in [-0.1, -0.05) is 30.3 Å². The third-order valence-corrected chi connectivity index (χ3v) is 5.75. The molecule has 4 rings (SSSR count). The molecule has 1 saturated heterocycles. The highest BCUT2D eigenvalue weighted by Crippen LogP contribution is 2.20. The van der Waals surface area contributed by atoms with E-state index < -0.39 is 0 Å². The predicted molar refractivity (Wildman–Crippen MR) is 119 cm³/mol. The molecular weight excluding hydrogens is 397 g/mol. The molecule has 1 aliphatic rings. The Kier molecular flexibility index (Phi) is 5.90. The van der Waals surface area contributed by atoms with Gasteiger partial charge in [-0.3, -0.25) is 19.2 Å². The molecule has 31 heavy (non-hydrogen) atoms. The molecule has 0 spiro atoms. The van der Waals surface area contributed by atoms with Crippen molar-refractivity contribution in [3.63, 3.8) is 0 Å². The van der Waals surface area contributed by atoms with Crippen LogP contribution in [-0.2, 0) is 11.8 Å². The second kappa shape index (κ2) is 8.77. The average Bonchev–Trinajstić information content (AvgIpc) is 2.98. The van der Waals surface area contributed by atoms with Crippen LogP contribution in [0.2, 0.25) is 0 Å². The zero-order valence-corrected chi connectivity index (χ0v) is 17.7. The molecule has 8 heteroatoms. The molecule has 0 atom stereocenters. The summed E-state index contributed by atoms with van der Waals surface area (Å²) in [4.78, 5) is 29.6. The summed E-state index contributed by atoms with van der Waals surface area (Å²) in [6, 6.07) is 16.0. The van der Waals surface area contributed by atoms with Crippen molar-refractivity contribution in [3.8, 4) is 5.69 Å². The van der Waals surface area contributed by atoms with Gasteiger partial charge in [0.1, 0.15) is 11.5 Å². The molecule has 1 amide bonds. The molecule has 1 N–H and O–H groups in total. The summed E-state index contributed by atoms with van der Waals surface area (Å²) in [6.45, 7) is 4.56. The largest absolute Gasteiger partial charge is 0.367 e. The number of nitrogens with one attached hydrogen (secondary N) is 1. The highest BCUT2D eigenvalue weighted by Gasteiger charge is 2.23. The summed E-state index contributed by atoms with van der Waals surface area (Å²) < 4.78 is 17.3. The molecule has 3 aromatic rings. The molecule has 0 saturated carbocycles. The Labute approximate surface area is 180 Å². The fourth-order valence-electron chi connectivity index (χ4n) is 3.95. The van der Waals surface area contributed by atoms with Gasteiger partial charge in [-0.25, -0.2) is 9.07 Å². The van der Waals surface area contributed by atoms with E-state index in [-0.39, 0.29) is 23.8 Å². The fraction of sp³-hybridized carbons (Fsp3) is 0.304. The first-order chi connectivity index (χ1) is 15.0. The molecule has 0 unspecified atom stereocenters. The Morgan fingerprint density at radius 3 is 2.32 bits per heavy atom. The Morgan fingerprint density at radius 1 is 1.00 bits per heavy atom. The number of carbonyl (C=O) groups excluding carboxylic acids is 1.